The number of ether oxygens (including phenoxy) is 2. The van der Waals surface area contributed by atoms with Crippen molar-refractivity contribution in [3.8, 4) is 0 Å². The fraction of sp³-hybridized carbons (Fsp3) is 0.636. The van der Waals surface area contributed by atoms with Crippen molar-refractivity contribution in [1.82, 2.24) is 0 Å². The smallest absolute Gasteiger partial charge is 0.339 e. The van der Waals surface area contributed by atoms with Crippen LogP contribution in [0, 0.1) is 5.92 Å². The first kappa shape index (κ1) is 22.2. The Morgan fingerprint density at radius 2 is 1.31 bits per heavy atom. The molecule has 4 nitrogen and oxygen atoms in total. The summed E-state index contributed by atoms with van der Waals surface area (Å²) in [5.74, 6) is -0.165. The molecule has 0 aliphatic carbocycles. The van der Waals surface area contributed by atoms with Crippen LogP contribution in [0.3, 0.4) is 0 Å². The summed E-state index contributed by atoms with van der Waals surface area (Å²) in [6.45, 7) is 7.33. The predicted molar refractivity (Wildman–Crippen MR) is 104 cm³/mol. The summed E-state index contributed by atoms with van der Waals surface area (Å²) < 4.78 is 10.6. The molecule has 0 aliphatic rings. The number of carbonyl (C=O) groups is 2. The Morgan fingerprint density at radius 1 is 0.808 bits per heavy atom. The highest BCUT2D eigenvalue weighted by atomic mass is 16.5. The summed E-state index contributed by atoms with van der Waals surface area (Å²) in [6, 6.07) is 6.70. The first-order valence-corrected chi connectivity index (χ1v) is 9.99. The highest BCUT2D eigenvalue weighted by Gasteiger charge is 2.18. The van der Waals surface area contributed by atoms with E-state index in [4.69, 9.17) is 9.47 Å². The molecule has 0 atom stereocenters. The fourth-order valence-electron chi connectivity index (χ4n) is 2.68. The van der Waals surface area contributed by atoms with Gasteiger partial charge in [-0.1, -0.05) is 71.4 Å². The fourth-order valence-corrected chi connectivity index (χ4v) is 2.68. The Hall–Kier alpha value is -1.84. The Morgan fingerprint density at radius 3 is 1.81 bits per heavy atom. The molecule has 0 radical (unpaired) electrons. The summed E-state index contributed by atoms with van der Waals surface area (Å²) in [6.07, 6.45) is 8.47. The third-order valence-electron chi connectivity index (χ3n) is 4.26. The lowest BCUT2D eigenvalue weighted by atomic mass is 10.0. The van der Waals surface area contributed by atoms with Gasteiger partial charge in [0, 0.05) is 0 Å². The van der Waals surface area contributed by atoms with Crippen LogP contribution in [0.15, 0.2) is 24.3 Å². The first-order valence-electron chi connectivity index (χ1n) is 9.99. The van der Waals surface area contributed by atoms with Crippen LogP contribution in [0.25, 0.3) is 0 Å². The van der Waals surface area contributed by atoms with Gasteiger partial charge in [0.25, 0.3) is 0 Å². The third kappa shape index (κ3) is 9.02. The minimum absolute atomic E-state index is 0.283. The highest BCUT2D eigenvalue weighted by molar-refractivity contribution is 6.03. The molecule has 0 amide bonds. The number of rotatable bonds is 13. The van der Waals surface area contributed by atoms with E-state index >= 15 is 0 Å². The second-order valence-electron chi connectivity index (χ2n) is 7.12. The summed E-state index contributed by atoms with van der Waals surface area (Å²) in [4.78, 5) is 24.5. The molecule has 0 fully saturated rings. The molecule has 0 unspecified atom stereocenters. The topological polar surface area (TPSA) is 52.6 Å². The molecule has 26 heavy (non-hydrogen) atoms. The molecular formula is C22H34O4. The molecule has 0 saturated heterocycles. The molecular weight excluding hydrogens is 328 g/mol. The molecule has 0 saturated carbocycles. The maximum atomic E-state index is 12.3. The van der Waals surface area contributed by atoms with E-state index in [2.05, 4.69) is 20.8 Å². The maximum absolute atomic E-state index is 12.3. The lowest BCUT2D eigenvalue weighted by Gasteiger charge is -2.10. The minimum Gasteiger partial charge on any atom is -0.462 e. The SMILES string of the molecule is CCCCCOC(=O)c1ccccc1C(=O)OCCCCCCC(C)C. The summed E-state index contributed by atoms with van der Waals surface area (Å²) in [7, 11) is 0. The van der Waals surface area contributed by atoms with Gasteiger partial charge in [0.2, 0.25) is 0 Å². The summed E-state index contributed by atoms with van der Waals surface area (Å²) in [5.41, 5.74) is 0.568. The van der Waals surface area contributed by atoms with Crippen LogP contribution in [0.4, 0.5) is 0 Å². The van der Waals surface area contributed by atoms with Crippen molar-refractivity contribution in [1.29, 1.82) is 0 Å². The van der Waals surface area contributed by atoms with E-state index in [0.717, 1.165) is 44.4 Å². The molecule has 0 N–H and O–H groups in total. The van der Waals surface area contributed by atoms with Crippen molar-refractivity contribution in [2.24, 2.45) is 5.92 Å². The number of carbonyl (C=O) groups excluding carboxylic acids is 2. The number of benzene rings is 1. The van der Waals surface area contributed by atoms with E-state index in [1.165, 1.54) is 12.8 Å². The van der Waals surface area contributed by atoms with Gasteiger partial charge >= 0.3 is 11.9 Å². The van der Waals surface area contributed by atoms with E-state index < -0.39 is 11.9 Å². The second-order valence-corrected chi connectivity index (χ2v) is 7.12. The van der Waals surface area contributed by atoms with E-state index in [-0.39, 0.29) is 11.1 Å². The van der Waals surface area contributed by atoms with E-state index in [1.54, 1.807) is 24.3 Å². The summed E-state index contributed by atoms with van der Waals surface area (Å²) >= 11 is 0. The predicted octanol–water partition coefficient (Wildman–Crippen LogP) is 5.80. The number of hydrogen-bond donors (Lipinski definition) is 0. The van der Waals surface area contributed by atoms with Gasteiger partial charge in [0.05, 0.1) is 24.3 Å². The zero-order chi connectivity index (χ0) is 19.2. The average molecular weight is 363 g/mol. The van der Waals surface area contributed by atoms with Gasteiger partial charge < -0.3 is 9.47 Å². The molecule has 146 valence electrons. The lowest BCUT2D eigenvalue weighted by Crippen LogP contribution is -2.15. The van der Waals surface area contributed by atoms with E-state index in [1.807, 2.05) is 0 Å². The highest BCUT2D eigenvalue weighted by Crippen LogP contribution is 2.14. The standard InChI is InChI=1S/C22H34O4/c1-4-5-11-16-25-21(23)19-14-9-10-15-20(19)22(24)26-17-12-7-6-8-13-18(2)3/h9-10,14-15,18H,4-8,11-13,16-17H2,1-3H3. The lowest BCUT2D eigenvalue weighted by molar-refractivity contribution is 0.0450. The zero-order valence-electron chi connectivity index (χ0n) is 16.6. The molecule has 0 heterocycles. The van der Waals surface area contributed by atoms with Crippen LogP contribution in [-0.2, 0) is 9.47 Å². The number of hydrogen-bond acceptors (Lipinski definition) is 4. The monoisotopic (exact) mass is 362 g/mol. The van der Waals surface area contributed by atoms with Crippen LogP contribution in [0.2, 0.25) is 0 Å². The van der Waals surface area contributed by atoms with Gasteiger partial charge in [-0.2, -0.15) is 0 Å². The Bertz CT molecular complexity index is 537. The van der Waals surface area contributed by atoms with Crippen molar-refractivity contribution in [2.75, 3.05) is 13.2 Å². The molecule has 0 spiro atoms. The van der Waals surface area contributed by atoms with Crippen molar-refractivity contribution in [2.45, 2.75) is 72.1 Å². The molecule has 0 aromatic heterocycles. The third-order valence-corrected chi connectivity index (χ3v) is 4.26. The molecule has 1 aromatic rings. The van der Waals surface area contributed by atoms with Crippen LogP contribution < -0.4 is 0 Å². The van der Waals surface area contributed by atoms with E-state index in [0.29, 0.717) is 13.2 Å². The Labute approximate surface area is 158 Å². The van der Waals surface area contributed by atoms with Crippen LogP contribution in [-0.4, -0.2) is 25.2 Å². The van der Waals surface area contributed by atoms with Crippen molar-refractivity contribution < 1.29 is 19.1 Å². The van der Waals surface area contributed by atoms with Crippen LogP contribution in [0.1, 0.15) is 92.9 Å². The average Bonchev–Trinajstić information content (AvgIpc) is 2.64. The van der Waals surface area contributed by atoms with Gasteiger partial charge in [-0.3, -0.25) is 0 Å². The van der Waals surface area contributed by atoms with Gasteiger partial charge in [-0.25, -0.2) is 9.59 Å². The Balaban J connectivity index is 2.40. The summed E-state index contributed by atoms with van der Waals surface area (Å²) in [5, 5.41) is 0. The number of esters is 2. The second kappa shape index (κ2) is 13.4. The minimum atomic E-state index is -0.456. The molecule has 4 heteroatoms. The normalized spacial score (nSPS) is 10.8. The zero-order valence-corrected chi connectivity index (χ0v) is 16.6. The van der Waals surface area contributed by atoms with Gasteiger partial charge in [0.15, 0.2) is 0 Å². The van der Waals surface area contributed by atoms with Gasteiger partial charge in [0.1, 0.15) is 0 Å². The first-order chi connectivity index (χ1) is 12.6. The van der Waals surface area contributed by atoms with Crippen molar-refractivity contribution >= 4 is 11.9 Å². The Kier molecular flexibility index (Phi) is 11.4. The van der Waals surface area contributed by atoms with Crippen LogP contribution in [0.5, 0.6) is 0 Å². The maximum Gasteiger partial charge on any atom is 0.339 e. The van der Waals surface area contributed by atoms with Crippen molar-refractivity contribution in [3.05, 3.63) is 35.4 Å². The number of unbranched alkanes of at least 4 members (excludes halogenated alkanes) is 5. The van der Waals surface area contributed by atoms with Crippen LogP contribution >= 0.6 is 0 Å². The molecule has 0 bridgehead atoms. The quantitative estimate of drug-likeness (QED) is 0.329. The van der Waals surface area contributed by atoms with Gasteiger partial charge in [-0.15, -0.1) is 0 Å². The molecule has 1 rings (SSSR count). The molecule has 1 aromatic carbocycles. The van der Waals surface area contributed by atoms with Gasteiger partial charge in [-0.05, 0) is 30.9 Å². The molecule has 0 aliphatic heterocycles. The van der Waals surface area contributed by atoms with Crippen molar-refractivity contribution in [3.63, 3.8) is 0 Å². The largest absolute Gasteiger partial charge is 0.462 e. The van der Waals surface area contributed by atoms with E-state index in [9.17, 15) is 9.59 Å².